The molecule has 0 bridgehead atoms. The smallest absolute Gasteiger partial charge is 0.255 e. The minimum atomic E-state index is -0.360. The third-order valence-electron chi connectivity index (χ3n) is 5.28. The molecular formula is C29H24ClNO4. The second kappa shape index (κ2) is 11.4. The molecule has 0 saturated heterocycles. The molecule has 5 nitrogen and oxygen atoms in total. The van der Waals surface area contributed by atoms with Crippen LogP contribution in [0.5, 0.6) is 11.5 Å². The molecule has 0 unspecified atom stereocenters. The van der Waals surface area contributed by atoms with Gasteiger partial charge >= 0.3 is 0 Å². The zero-order chi connectivity index (χ0) is 24.6. The van der Waals surface area contributed by atoms with Crippen molar-refractivity contribution in [3.05, 3.63) is 124 Å². The fraction of sp³-hybridized carbons (Fsp3) is 0.103. The fourth-order valence-electron chi connectivity index (χ4n) is 3.40. The highest BCUT2D eigenvalue weighted by molar-refractivity contribution is 6.32. The number of Topliss-reactive ketones (excluding diaryl/α,β-unsaturated/α-hetero) is 1. The molecule has 4 aromatic carbocycles. The molecule has 0 radical (unpaired) electrons. The van der Waals surface area contributed by atoms with E-state index < -0.39 is 0 Å². The van der Waals surface area contributed by atoms with Crippen molar-refractivity contribution in [1.29, 1.82) is 0 Å². The lowest BCUT2D eigenvalue weighted by Crippen LogP contribution is -2.13. The molecule has 4 rings (SSSR count). The summed E-state index contributed by atoms with van der Waals surface area (Å²) in [5, 5.41) is 3.09. The van der Waals surface area contributed by atoms with Crippen molar-refractivity contribution in [2.45, 2.75) is 20.1 Å². The maximum Gasteiger partial charge on any atom is 0.255 e. The van der Waals surface area contributed by atoms with Crippen LogP contribution in [0.1, 0.15) is 38.8 Å². The van der Waals surface area contributed by atoms with Crippen LogP contribution in [-0.2, 0) is 13.2 Å². The Labute approximate surface area is 209 Å². The Hall–Kier alpha value is -4.09. The van der Waals surface area contributed by atoms with Gasteiger partial charge in [-0.1, -0.05) is 72.3 Å². The standard InChI is InChI=1S/C29H24ClNO4/c1-20(32)23-12-14-25(15-13-23)31-29(33)24-16-26(30)28(35-19-22-10-6-3-7-11-22)27(17-24)34-18-21-8-4-2-5-9-21/h2-17H,18-19H2,1H3,(H,31,33). The van der Waals surface area contributed by atoms with Crippen molar-refractivity contribution in [2.75, 3.05) is 5.32 Å². The summed E-state index contributed by atoms with van der Waals surface area (Å²) in [5.74, 6) is 0.339. The number of benzene rings is 4. The summed E-state index contributed by atoms with van der Waals surface area (Å²) in [4.78, 5) is 24.5. The number of anilines is 1. The second-order valence-electron chi connectivity index (χ2n) is 7.92. The molecule has 176 valence electrons. The number of amides is 1. The van der Waals surface area contributed by atoms with Crippen LogP contribution >= 0.6 is 11.6 Å². The first-order chi connectivity index (χ1) is 17.0. The topological polar surface area (TPSA) is 64.6 Å². The quantitative estimate of drug-likeness (QED) is 0.260. The highest BCUT2D eigenvalue weighted by Gasteiger charge is 2.17. The van der Waals surface area contributed by atoms with Gasteiger partial charge in [0.1, 0.15) is 13.2 Å². The van der Waals surface area contributed by atoms with Gasteiger partial charge in [0.25, 0.3) is 5.91 Å². The molecule has 0 aliphatic heterocycles. The molecular weight excluding hydrogens is 462 g/mol. The van der Waals surface area contributed by atoms with Crippen LogP contribution in [0, 0.1) is 0 Å². The average Bonchev–Trinajstić information content (AvgIpc) is 2.88. The van der Waals surface area contributed by atoms with Gasteiger partial charge in [-0.15, -0.1) is 0 Å². The number of hydrogen-bond acceptors (Lipinski definition) is 4. The lowest BCUT2D eigenvalue weighted by molar-refractivity contribution is 0.101. The third-order valence-corrected chi connectivity index (χ3v) is 5.56. The first-order valence-corrected chi connectivity index (χ1v) is 11.5. The van der Waals surface area contributed by atoms with E-state index in [0.717, 1.165) is 11.1 Å². The third kappa shape index (κ3) is 6.49. The molecule has 35 heavy (non-hydrogen) atoms. The van der Waals surface area contributed by atoms with Crippen LogP contribution in [0.4, 0.5) is 5.69 Å². The minimum Gasteiger partial charge on any atom is -0.485 e. The summed E-state index contributed by atoms with van der Waals surface area (Å²) < 4.78 is 12.1. The summed E-state index contributed by atoms with van der Waals surface area (Å²) in [5.41, 5.74) is 3.40. The Kier molecular flexibility index (Phi) is 7.81. The van der Waals surface area contributed by atoms with Crippen LogP contribution in [0.2, 0.25) is 5.02 Å². The zero-order valence-electron chi connectivity index (χ0n) is 19.2. The van der Waals surface area contributed by atoms with Crippen molar-refractivity contribution < 1.29 is 19.1 Å². The first-order valence-electron chi connectivity index (χ1n) is 11.1. The summed E-state index contributed by atoms with van der Waals surface area (Å²) in [6.07, 6.45) is 0. The van der Waals surface area contributed by atoms with Crippen LogP contribution in [0.3, 0.4) is 0 Å². The van der Waals surface area contributed by atoms with E-state index >= 15 is 0 Å². The van der Waals surface area contributed by atoms with E-state index in [1.807, 2.05) is 60.7 Å². The SMILES string of the molecule is CC(=O)c1ccc(NC(=O)c2cc(Cl)c(OCc3ccccc3)c(OCc3ccccc3)c2)cc1. The molecule has 0 spiro atoms. The van der Waals surface area contributed by atoms with Gasteiger partial charge in [-0.3, -0.25) is 9.59 Å². The van der Waals surface area contributed by atoms with E-state index in [0.29, 0.717) is 34.9 Å². The van der Waals surface area contributed by atoms with E-state index in [2.05, 4.69) is 5.32 Å². The Morgan fingerprint density at radius 2 is 1.31 bits per heavy atom. The van der Waals surface area contributed by atoms with E-state index in [-0.39, 0.29) is 23.3 Å². The van der Waals surface area contributed by atoms with Crippen molar-refractivity contribution >= 4 is 29.0 Å². The molecule has 0 saturated carbocycles. The molecule has 6 heteroatoms. The Balaban J connectivity index is 1.57. The van der Waals surface area contributed by atoms with Gasteiger partial charge in [-0.05, 0) is 54.4 Å². The average molecular weight is 486 g/mol. The van der Waals surface area contributed by atoms with Gasteiger partial charge in [0.15, 0.2) is 17.3 Å². The summed E-state index contributed by atoms with van der Waals surface area (Å²) in [6, 6.07) is 29.3. The lowest BCUT2D eigenvalue weighted by Gasteiger charge is -2.16. The van der Waals surface area contributed by atoms with Crippen molar-refractivity contribution in [3.8, 4) is 11.5 Å². The van der Waals surface area contributed by atoms with Gasteiger partial charge in [-0.2, -0.15) is 0 Å². The largest absolute Gasteiger partial charge is 0.485 e. The highest BCUT2D eigenvalue weighted by Crippen LogP contribution is 2.38. The maximum atomic E-state index is 13.0. The number of halogens is 1. The summed E-state index contributed by atoms with van der Waals surface area (Å²) in [7, 11) is 0. The van der Waals surface area contributed by atoms with Gasteiger partial charge in [0, 0.05) is 16.8 Å². The molecule has 0 aromatic heterocycles. The van der Waals surface area contributed by atoms with Crippen molar-refractivity contribution in [1.82, 2.24) is 0 Å². The normalized spacial score (nSPS) is 10.5. The number of nitrogens with one attached hydrogen (secondary N) is 1. The molecule has 0 atom stereocenters. The van der Waals surface area contributed by atoms with Crippen LogP contribution in [-0.4, -0.2) is 11.7 Å². The first kappa shape index (κ1) is 24.0. The predicted octanol–water partition coefficient (Wildman–Crippen LogP) is 6.95. The number of carbonyl (C=O) groups is 2. The summed E-state index contributed by atoms with van der Waals surface area (Å²) in [6.45, 7) is 2.08. The van der Waals surface area contributed by atoms with Gasteiger partial charge in [0.05, 0.1) is 5.02 Å². The lowest BCUT2D eigenvalue weighted by atomic mass is 10.1. The molecule has 0 heterocycles. The van der Waals surface area contributed by atoms with Crippen LogP contribution < -0.4 is 14.8 Å². The predicted molar refractivity (Wildman–Crippen MR) is 137 cm³/mol. The van der Waals surface area contributed by atoms with Gasteiger partial charge in [-0.25, -0.2) is 0 Å². The summed E-state index contributed by atoms with van der Waals surface area (Å²) >= 11 is 6.56. The van der Waals surface area contributed by atoms with Gasteiger partial charge in [0.2, 0.25) is 0 Å². The highest BCUT2D eigenvalue weighted by atomic mass is 35.5. The van der Waals surface area contributed by atoms with Crippen LogP contribution in [0.25, 0.3) is 0 Å². The molecule has 4 aromatic rings. The maximum absolute atomic E-state index is 13.0. The monoisotopic (exact) mass is 485 g/mol. The second-order valence-corrected chi connectivity index (χ2v) is 8.33. The number of ether oxygens (including phenoxy) is 2. The number of hydrogen-bond donors (Lipinski definition) is 1. The Bertz CT molecular complexity index is 1310. The molecule has 1 N–H and O–H groups in total. The van der Waals surface area contributed by atoms with E-state index in [1.165, 1.54) is 6.92 Å². The molecule has 0 aliphatic rings. The Morgan fingerprint density at radius 1 is 0.743 bits per heavy atom. The minimum absolute atomic E-state index is 0.0408. The van der Waals surface area contributed by atoms with E-state index in [1.54, 1.807) is 36.4 Å². The van der Waals surface area contributed by atoms with Crippen molar-refractivity contribution in [3.63, 3.8) is 0 Å². The van der Waals surface area contributed by atoms with E-state index in [9.17, 15) is 9.59 Å². The van der Waals surface area contributed by atoms with E-state index in [4.69, 9.17) is 21.1 Å². The number of carbonyl (C=O) groups excluding carboxylic acids is 2. The number of ketones is 1. The van der Waals surface area contributed by atoms with Crippen molar-refractivity contribution in [2.24, 2.45) is 0 Å². The molecule has 0 aliphatic carbocycles. The fourth-order valence-corrected chi connectivity index (χ4v) is 3.67. The molecule has 0 fully saturated rings. The van der Waals surface area contributed by atoms with Crippen LogP contribution in [0.15, 0.2) is 97.1 Å². The molecule has 1 amide bonds. The number of rotatable bonds is 9. The zero-order valence-corrected chi connectivity index (χ0v) is 19.9. The van der Waals surface area contributed by atoms with Gasteiger partial charge < -0.3 is 14.8 Å². The Morgan fingerprint density at radius 3 is 1.89 bits per heavy atom.